The summed E-state index contributed by atoms with van der Waals surface area (Å²) in [5.74, 6) is -0.0624. The molecule has 0 aliphatic carbocycles. The number of ether oxygens (including phenoxy) is 2. The van der Waals surface area contributed by atoms with E-state index in [0.29, 0.717) is 11.4 Å². The standard InChI is InChI=1S/C14H8F3N5O2S/c1-7-11(12-10(6-18)20-22-21-12)19-13(25-7)23-8-2-4-9(5-3-8)24-14(15,16)17/h2-5H,1H3,(H,20,21,22). The molecule has 11 heteroatoms. The Hall–Kier alpha value is -3.13. The molecule has 0 saturated carbocycles. The molecule has 128 valence electrons. The Bertz CT molecular complexity index is 927. The molecule has 2 heterocycles. The summed E-state index contributed by atoms with van der Waals surface area (Å²) in [6, 6.07) is 6.82. The largest absolute Gasteiger partial charge is 0.573 e. The molecule has 1 N–H and O–H groups in total. The van der Waals surface area contributed by atoms with Gasteiger partial charge in [-0.2, -0.15) is 15.6 Å². The van der Waals surface area contributed by atoms with Gasteiger partial charge in [-0.3, -0.25) is 0 Å². The van der Waals surface area contributed by atoms with Crippen molar-refractivity contribution in [1.29, 1.82) is 5.26 Å². The summed E-state index contributed by atoms with van der Waals surface area (Å²) in [5.41, 5.74) is 0.857. The number of alkyl halides is 3. The van der Waals surface area contributed by atoms with Crippen LogP contribution in [0.1, 0.15) is 10.6 Å². The summed E-state index contributed by atoms with van der Waals surface area (Å²) in [6.45, 7) is 1.77. The van der Waals surface area contributed by atoms with Crippen LogP contribution >= 0.6 is 11.3 Å². The van der Waals surface area contributed by atoms with E-state index in [1.807, 2.05) is 6.07 Å². The van der Waals surface area contributed by atoms with E-state index in [1.165, 1.54) is 23.5 Å². The highest BCUT2D eigenvalue weighted by molar-refractivity contribution is 7.13. The Balaban J connectivity index is 1.78. The lowest BCUT2D eigenvalue weighted by Gasteiger charge is -2.09. The summed E-state index contributed by atoms with van der Waals surface area (Å²) < 4.78 is 45.7. The highest BCUT2D eigenvalue weighted by Crippen LogP contribution is 2.35. The molecule has 7 nitrogen and oxygen atoms in total. The number of hydrogen-bond donors (Lipinski definition) is 1. The fraction of sp³-hybridized carbons (Fsp3) is 0.143. The smallest absolute Gasteiger partial charge is 0.431 e. The minimum absolute atomic E-state index is 0.105. The van der Waals surface area contributed by atoms with Crippen LogP contribution in [0.3, 0.4) is 0 Å². The maximum Gasteiger partial charge on any atom is 0.573 e. The van der Waals surface area contributed by atoms with E-state index in [-0.39, 0.29) is 22.4 Å². The third kappa shape index (κ3) is 3.86. The van der Waals surface area contributed by atoms with Gasteiger partial charge in [0, 0.05) is 4.88 Å². The molecule has 0 aliphatic rings. The summed E-state index contributed by atoms with van der Waals surface area (Å²) in [5, 5.41) is 19.2. The summed E-state index contributed by atoms with van der Waals surface area (Å²) in [6.07, 6.45) is -4.75. The van der Waals surface area contributed by atoms with Gasteiger partial charge in [-0.25, -0.2) is 4.98 Å². The highest BCUT2D eigenvalue weighted by Gasteiger charge is 2.31. The van der Waals surface area contributed by atoms with E-state index >= 15 is 0 Å². The second-order valence-electron chi connectivity index (χ2n) is 4.64. The van der Waals surface area contributed by atoms with Crippen molar-refractivity contribution >= 4 is 11.3 Å². The van der Waals surface area contributed by atoms with E-state index in [1.54, 1.807) is 6.92 Å². The van der Waals surface area contributed by atoms with Crippen molar-refractivity contribution in [3.05, 3.63) is 34.8 Å². The molecule has 0 amide bonds. The second kappa shape index (κ2) is 6.40. The van der Waals surface area contributed by atoms with Crippen LogP contribution in [0.2, 0.25) is 0 Å². The molecule has 0 fully saturated rings. The molecule has 3 aromatic rings. The third-order valence-electron chi connectivity index (χ3n) is 2.92. The van der Waals surface area contributed by atoms with E-state index in [2.05, 4.69) is 25.1 Å². The number of rotatable bonds is 4. The SMILES string of the molecule is Cc1sc(Oc2ccc(OC(F)(F)F)cc2)nc1-c1n[nH]nc1C#N. The number of benzene rings is 1. The number of aromatic amines is 1. The second-order valence-corrected chi connectivity index (χ2v) is 5.80. The maximum absolute atomic E-state index is 12.1. The average molecular weight is 367 g/mol. The first kappa shape index (κ1) is 16.7. The van der Waals surface area contributed by atoms with Crippen molar-refractivity contribution in [3.63, 3.8) is 0 Å². The number of aromatic nitrogens is 4. The van der Waals surface area contributed by atoms with Crippen LogP contribution in [0.25, 0.3) is 11.4 Å². The first-order chi connectivity index (χ1) is 11.9. The van der Waals surface area contributed by atoms with Gasteiger partial charge in [-0.1, -0.05) is 11.3 Å². The van der Waals surface area contributed by atoms with Crippen molar-refractivity contribution in [3.8, 4) is 34.1 Å². The zero-order chi connectivity index (χ0) is 18.0. The minimum Gasteiger partial charge on any atom is -0.431 e. The molecule has 0 aliphatic heterocycles. The van der Waals surface area contributed by atoms with Gasteiger partial charge < -0.3 is 9.47 Å². The van der Waals surface area contributed by atoms with Crippen LogP contribution < -0.4 is 9.47 Å². The van der Waals surface area contributed by atoms with Gasteiger partial charge in [-0.15, -0.1) is 18.3 Å². The first-order valence-electron chi connectivity index (χ1n) is 6.68. The molecule has 0 radical (unpaired) electrons. The number of H-pyrrole nitrogens is 1. The van der Waals surface area contributed by atoms with E-state index < -0.39 is 6.36 Å². The van der Waals surface area contributed by atoms with Gasteiger partial charge >= 0.3 is 6.36 Å². The van der Waals surface area contributed by atoms with Gasteiger partial charge in [-0.05, 0) is 31.2 Å². The molecule has 0 spiro atoms. The first-order valence-corrected chi connectivity index (χ1v) is 7.49. The van der Waals surface area contributed by atoms with Gasteiger partial charge in [0.15, 0.2) is 11.4 Å². The summed E-state index contributed by atoms with van der Waals surface area (Å²) >= 11 is 1.21. The van der Waals surface area contributed by atoms with Crippen LogP contribution in [-0.4, -0.2) is 26.8 Å². The van der Waals surface area contributed by atoms with Crippen LogP contribution in [0, 0.1) is 18.3 Å². The lowest BCUT2D eigenvalue weighted by Crippen LogP contribution is -2.16. The maximum atomic E-state index is 12.1. The Labute approximate surface area is 142 Å². The molecule has 2 aromatic heterocycles. The normalized spacial score (nSPS) is 11.2. The Kier molecular flexibility index (Phi) is 4.28. The Morgan fingerprint density at radius 1 is 1.12 bits per heavy atom. The van der Waals surface area contributed by atoms with E-state index in [0.717, 1.165) is 17.0 Å². The molecular formula is C14H8F3N5O2S. The molecule has 0 saturated heterocycles. The predicted octanol–water partition coefficient (Wildman–Crippen LogP) is 3.80. The average Bonchev–Trinajstić information content (AvgIpc) is 3.13. The number of halogens is 3. The monoisotopic (exact) mass is 367 g/mol. The lowest BCUT2D eigenvalue weighted by atomic mass is 10.2. The molecule has 25 heavy (non-hydrogen) atoms. The predicted molar refractivity (Wildman–Crippen MR) is 80.1 cm³/mol. The van der Waals surface area contributed by atoms with Gasteiger partial charge in [0.05, 0.1) is 0 Å². The summed E-state index contributed by atoms with van der Waals surface area (Å²) in [4.78, 5) is 5.00. The van der Waals surface area contributed by atoms with Gasteiger partial charge in [0.1, 0.15) is 23.3 Å². The molecular weight excluding hydrogens is 359 g/mol. The minimum atomic E-state index is -4.75. The zero-order valence-electron chi connectivity index (χ0n) is 12.5. The van der Waals surface area contributed by atoms with Crippen molar-refractivity contribution in [2.45, 2.75) is 13.3 Å². The zero-order valence-corrected chi connectivity index (χ0v) is 13.3. The lowest BCUT2D eigenvalue weighted by molar-refractivity contribution is -0.274. The fourth-order valence-electron chi connectivity index (χ4n) is 1.92. The molecule has 0 unspecified atom stereocenters. The highest BCUT2D eigenvalue weighted by atomic mass is 32.1. The molecule has 0 atom stereocenters. The number of aryl methyl sites for hydroxylation is 1. The van der Waals surface area contributed by atoms with Crippen LogP contribution in [0.15, 0.2) is 24.3 Å². The number of nitrogens with one attached hydrogen (secondary N) is 1. The summed E-state index contributed by atoms with van der Waals surface area (Å²) in [7, 11) is 0. The van der Waals surface area contributed by atoms with Crippen molar-refractivity contribution in [1.82, 2.24) is 20.4 Å². The number of nitriles is 1. The Morgan fingerprint density at radius 2 is 1.80 bits per heavy atom. The fourth-order valence-corrected chi connectivity index (χ4v) is 2.70. The third-order valence-corrected chi connectivity index (χ3v) is 3.77. The number of thiazole rings is 1. The molecule has 3 rings (SSSR count). The van der Waals surface area contributed by atoms with Crippen LogP contribution in [-0.2, 0) is 0 Å². The Morgan fingerprint density at radius 3 is 2.44 bits per heavy atom. The van der Waals surface area contributed by atoms with E-state index in [9.17, 15) is 13.2 Å². The molecule has 0 bridgehead atoms. The number of nitrogens with zero attached hydrogens (tertiary/aromatic N) is 4. The van der Waals surface area contributed by atoms with Crippen molar-refractivity contribution in [2.75, 3.05) is 0 Å². The topological polar surface area (TPSA) is 96.7 Å². The number of hydrogen-bond acceptors (Lipinski definition) is 7. The van der Waals surface area contributed by atoms with Crippen molar-refractivity contribution in [2.24, 2.45) is 0 Å². The molecule has 1 aromatic carbocycles. The van der Waals surface area contributed by atoms with Crippen molar-refractivity contribution < 1.29 is 22.6 Å². The van der Waals surface area contributed by atoms with Gasteiger partial charge in [0.2, 0.25) is 0 Å². The van der Waals surface area contributed by atoms with Crippen LogP contribution in [0.4, 0.5) is 13.2 Å². The quantitative estimate of drug-likeness (QED) is 0.753. The van der Waals surface area contributed by atoms with E-state index in [4.69, 9.17) is 10.00 Å². The van der Waals surface area contributed by atoms with Crippen LogP contribution in [0.5, 0.6) is 16.7 Å². The van der Waals surface area contributed by atoms with Gasteiger partial charge in [0.25, 0.3) is 5.19 Å².